The second kappa shape index (κ2) is 8.05. The molecule has 0 radical (unpaired) electrons. The van der Waals surface area contributed by atoms with Crippen LogP contribution in [0, 0.1) is 17.7 Å². The van der Waals surface area contributed by atoms with Gasteiger partial charge in [0.2, 0.25) is 15.9 Å². The highest BCUT2D eigenvalue weighted by molar-refractivity contribution is 7.88. The Balaban J connectivity index is 1.55. The number of amides is 1. The first-order valence-electron chi connectivity index (χ1n) is 9.36. The van der Waals surface area contributed by atoms with Gasteiger partial charge in [0.25, 0.3) is 0 Å². The van der Waals surface area contributed by atoms with Crippen LogP contribution in [0.5, 0.6) is 0 Å². The Morgan fingerprint density at radius 2 is 1.77 bits per heavy atom. The van der Waals surface area contributed by atoms with E-state index in [1.54, 1.807) is 0 Å². The van der Waals surface area contributed by atoms with Crippen LogP contribution in [0.2, 0.25) is 0 Å². The van der Waals surface area contributed by atoms with Crippen LogP contribution in [0.3, 0.4) is 0 Å². The van der Waals surface area contributed by atoms with Crippen molar-refractivity contribution in [3.63, 3.8) is 0 Å². The van der Waals surface area contributed by atoms with E-state index in [0.717, 1.165) is 19.5 Å². The molecule has 2 heterocycles. The van der Waals surface area contributed by atoms with Crippen LogP contribution in [0.1, 0.15) is 38.2 Å². The monoisotopic (exact) mass is 382 g/mol. The number of carbonyl (C=O) groups excluding carboxylic acids is 1. The van der Waals surface area contributed by atoms with Gasteiger partial charge in [-0.2, -0.15) is 0 Å². The number of carbonyl (C=O) groups is 1. The van der Waals surface area contributed by atoms with Crippen LogP contribution >= 0.6 is 0 Å². The molecule has 2 fully saturated rings. The fraction of sp³-hybridized carbons (Fsp3) is 0.632. The Kier molecular flexibility index (Phi) is 5.97. The van der Waals surface area contributed by atoms with Crippen LogP contribution < -0.4 is 0 Å². The van der Waals surface area contributed by atoms with Crippen molar-refractivity contribution in [2.75, 3.05) is 26.2 Å². The molecule has 0 aromatic heterocycles. The van der Waals surface area contributed by atoms with Gasteiger partial charge in [0, 0.05) is 32.1 Å². The van der Waals surface area contributed by atoms with Crippen molar-refractivity contribution < 1.29 is 17.6 Å². The number of hydrogen-bond acceptors (Lipinski definition) is 3. The summed E-state index contributed by atoms with van der Waals surface area (Å²) in [6.07, 6.45) is 3.38. The van der Waals surface area contributed by atoms with Crippen LogP contribution in [-0.2, 0) is 20.6 Å². The molecule has 1 atom stereocenters. The van der Waals surface area contributed by atoms with E-state index in [1.807, 2.05) is 4.90 Å². The van der Waals surface area contributed by atoms with E-state index in [4.69, 9.17) is 0 Å². The minimum absolute atomic E-state index is 0.0717. The molecule has 2 aliphatic rings. The van der Waals surface area contributed by atoms with Gasteiger partial charge in [0.1, 0.15) is 5.82 Å². The van der Waals surface area contributed by atoms with Crippen molar-refractivity contribution in [3.05, 3.63) is 35.6 Å². The molecule has 0 N–H and O–H groups in total. The number of sulfonamides is 1. The first-order chi connectivity index (χ1) is 12.3. The molecule has 1 aromatic rings. The highest BCUT2D eigenvalue weighted by atomic mass is 32.2. The van der Waals surface area contributed by atoms with Crippen LogP contribution in [0.25, 0.3) is 0 Å². The lowest BCUT2D eigenvalue weighted by Crippen LogP contribution is -2.47. The number of hydrogen-bond donors (Lipinski definition) is 0. The number of benzene rings is 1. The zero-order valence-corrected chi connectivity index (χ0v) is 16.0. The molecule has 0 spiro atoms. The molecule has 7 heteroatoms. The Morgan fingerprint density at radius 3 is 2.38 bits per heavy atom. The second-order valence-electron chi connectivity index (χ2n) is 7.59. The van der Waals surface area contributed by atoms with Gasteiger partial charge in [-0.15, -0.1) is 0 Å². The maximum Gasteiger partial charge on any atom is 0.225 e. The fourth-order valence-electron chi connectivity index (χ4n) is 3.91. The lowest BCUT2D eigenvalue weighted by molar-refractivity contribution is -0.138. The summed E-state index contributed by atoms with van der Waals surface area (Å²) in [6.45, 7) is 4.57. The topological polar surface area (TPSA) is 57.7 Å². The number of piperidine rings is 2. The second-order valence-corrected chi connectivity index (χ2v) is 9.56. The van der Waals surface area contributed by atoms with E-state index >= 15 is 0 Å². The number of likely N-dealkylation sites (tertiary alicyclic amines) is 1. The van der Waals surface area contributed by atoms with E-state index < -0.39 is 10.0 Å². The molecule has 5 nitrogen and oxygen atoms in total. The third-order valence-corrected chi connectivity index (χ3v) is 7.28. The number of rotatable bonds is 4. The summed E-state index contributed by atoms with van der Waals surface area (Å²) in [5, 5.41) is 0. The minimum Gasteiger partial charge on any atom is -0.342 e. The van der Waals surface area contributed by atoms with Gasteiger partial charge < -0.3 is 4.90 Å². The summed E-state index contributed by atoms with van der Waals surface area (Å²) in [7, 11) is -3.45. The average molecular weight is 383 g/mol. The Hall–Kier alpha value is -1.47. The maximum absolute atomic E-state index is 13.0. The van der Waals surface area contributed by atoms with E-state index in [0.29, 0.717) is 37.4 Å². The summed E-state index contributed by atoms with van der Waals surface area (Å²) in [4.78, 5) is 14.7. The van der Waals surface area contributed by atoms with Crippen LogP contribution in [0.15, 0.2) is 24.3 Å². The van der Waals surface area contributed by atoms with Gasteiger partial charge in [-0.25, -0.2) is 17.1 Å². The van der Waals surface area contributed by atoms with E-state index in [2.05, 4.69) is 6.92 Å². The van der Waals surface area contributed by atoms with Gasteiger partial charge in [-0.1, -0.05) is 19.1 Å². The first-order valence-corrected chi connectivity index (χ1v) is 11.0. The van der Waals surface area contributed by atoms with Gasteiger partial charge >= 0.3 is 0 Å². The number of nitrogens with zero attached hydrogens (tertiary/aromatic N) is 2. The quantitative estimate of drug-likeness (QED) is 0.804. The van der Waals surface area contributed by atoms with Crippen LogP contribution in [-0.4, -0.2) is 49.7 Å². The molecule has 3 rings (SSSR count). The van der Waals surface area contributed by atoms with E-state index in [-0.39, 0.29) is 23.4 Å². The molecular weight excluding hydrogens is 355 g/mol. The first kappa shape index (κ1) is 19.3. The molecule has 1 aromatic carbocycles. The molecule has 2 aliphatic heterocycles. The van der Waals surface area contributed by atoms with Crippen molar-refractivity contribution in [3.8, 4) is 0 Å². The van der Waals surface area contributed by atoms with Gasteiger partial charge in [0.05, 0.1) is 5.75 Å². The fourth-order valence-corrected chi connectivity index (χ4v) is 5.47. The van der Waals surface area contributed by atoms with Crippen molar-refractivity contribution in [1.82, 2.24) is 9.21 Å². The molecule has 1 amide bonds. The zero-order valence-electron chi connectivity index (χ0n) is 15.2. The molecule has 2 saturated heterocycles. The van der Waals surface area contributed by atoms with Crippen molar-refractivity contribution >= 4 is 15.9 Å². The Morgan fingerprint density at radius 1 is 1.12 bits per heavy atom. The molecular formula is C19H27FN2O3S. The van der Waals surface area contributed by atoms with Crippen molar-refractivity contribution in [1.29, 1.82) is 0 Å². The summed E-state index contributed by atoms with van der Waals surface area (Å²) in [5.41, 5.74) is 0.576. The summed E-state index contributed by atoms with van der Waals surface area (Å²) >= 11 is 0. The molecule has 0 saturated carbocycles. The normalized spacial score (nSPS) is 23.2. The van der Waals surface area contributed by atoms with Gasteiger partial charge in [0.15, 0.2) is 0 Å². The maximum atomic E-state index is 13.0. The van der Waals surface area contributed by atoms with Crippen molar-refractivity contribution in [2.24, 2.45) is 11.8 Å². The molecule has 0 bridgehead atoms. The third kappa shape index (κ3) is 4.62. The lowest BCUT2D eigenvalue weighted by atomic mass is 9.93. The Labute approximate surface area is 155 Å². The highest BCUT2D eigenvalue weighted by Crippen LogP contribution is 2.25. The largest absolute Gasteiger partial charge is 0.342 e. The minimum atomic E-state index is -3.45. The molecule has 1 unspecified atom stereocenters. The molecule has 26 heavy (non-hydrogen) atoms. The van der Waals surface area contributed by atoms with Gasteiger partial charge in [-0.3, -0.25) is 4.79 Å². The highest BCUT2D eigenvalue weighted by Gasteiger charge is 2.34. The third-order valence-electron chi connectivity index (χ3n) is 5.43. The predicted octanol–water partition coefficient (Wildman–Crippen LogP) is 2.63. The number of halogens is 1. The summed E-state index contributed by atoms with van der Waals surface area (Å²) < 4.78 is 39.6. The average Bonchev–Trinajstić information content (AvgIpc) is 2.63. The summed E-state index contributed by atoms with van der Waals surface area (Å²) in [5.74, 6) is 0.154. The molecule has 144 valence electrons. The lowest BCUT2D eigenvalue weighted by Gasteiger charge is -2.36. The summed E-state index contributed by atoms with van der Waals surface area (Å²) in [6, 6.07) is 5.55. The zero-order chi connectivity index (χ0) is 18.7. The standard InChI is InChI=1S/C19H27FN2O3S/c1-15-3-2-10-21(13-15)19(23)17-8-11-22(12-9-17)26(24,25)14-16-4-6-18(20)7-5-16/h4-7,15,17H,2-3,8-14H2,1H3. The van der Waals surface area contributed by atoms with E-state index in [9.17, 15) is 17.6 Å². The smallest absolute Gasteiger partial charge is 0.225 e. The van der Waals surface area contributed by atoms with E-state index in [1.165, 1.54) is 35.0 Å². The molecule has 0 aliphatic carbocycles. The predicted molar refractivity (Wildman–Crippen MR) is 98.3 cm³/mol. The van der Waals surface area contributed by atoms with Crippen LogP contribution in [0.4, 0.5) is 4.39 Å². The SMILES string of the molecule is CC1CCCN(C(=O)C2CCN(S(=O)(=O)Cc3ccc(F)cc3)CC2)C1. The van der Waals surface area contributed by atoms with Crippen molar-refractivity contribution in [2.45, 2.75) is 38.4 Å². The Bertz CT molecular complexity index is 728. The van der Waals surface area contributed by atoms with Gasteiger partial charge in [-0.05, 0) is 49.3 Å².